The van der Waals surface area contributed by atoms with Crippen LogP contribution < -0.4 is 4.90 Å². The van der Waals surface area contributed by atoms with Crippen molar-refractivity contribution in [3.05, 3.63) is 54.6 Å². The number of anilines is 1. The predicted octanol–water partition coefficient (Wildman–Crippen LogP) is 2.61. The van der Waals surface area contributed by atoms with E-state index in [0.717, 1.165) is 17.3 Å². The molecular formula is C17H18N4O. The summed E-state index contributed by atoms with van der Waals surface area (Å²) < 4.78 is 5.86. The van der Waals surface area contributed by atoms with Crippen LogP contribution in [0.5, 0.6) is 0 Å². The lowest BCUT2D eigenvalue weighted by Gasteiger charge is -2.07. The minimum absolute atomic E-state index is 0.112. The first-order valence-electron chi connectivity index (χ1n) is 7.48. The fourth-order valence-corrected chi connectivity index (χ4v) is 2.93. The van der Waals surface area contributed by atoms with Gasteiger partial charge in [-0.1, -0.05) is 6.07 Å². The summed E-state index contributed by atoms with van der Waals surface area (Å²) in [5.74, 6) is 0.810. The molecule has 0 spiro atoms. The number of hydrogen-bond acceptors (Lipinski definition) is 5. The van der Waals surface area contributed by atoms with Gasteiger partial charge in [0.2, 0.25) is 5.90 Å². The van der Waals surface area contributed by atoms with Crippen molar-refractivity contribution in [2.24, 2.45) is 4.99 Å². The Bertz CT molecular complexity index is 654. The summed E-state index contributed by atoms with van der Waals surface area (Å²) in [7, 11) is 0. The van der Waals surface area contributed by atoms with E-state index < -0.39 is 0 Å². The third kappa shape index (κ3) is 2.22. The molecule has 5 heteroatoms. The topological polar surface area (TPSA) is 50.4 Å². The molecule has 5 nitrogen and oxygen atoms in total. The van der Waals surface area contributed by atoms with Crippen LogP contribution in [0.4, 0.5) is 5.69 Å². The van der Waals surface area contributed by atoms with Gasteiger partial charge >= 0.3 is 0 Å². The molecule has 2 aliphatic rings. The predicted molar refractivity (Wildman–Crippen MR) is 84.9 cm³/mol. The van der Waals surface area contributed by atoms with Crippen LogP contribution in [0.2, 0.25) is 0 Å². The highest BCUT2D eigenvalue weighted by molar-refractivity contribution is 5.93. The van der Waals surface area contributed by atoms with Crippen molar-refractivity contribution >= 4 is 11.6 Å². The van der Waals surface area contributed by atoms with Gasteiger partial charge in [0, 0.05) is 12.4 Å². The molecule has 2 aliphatic heterocycles. The molecule has 0 amide bonds. The zero-order valence-electron chi connectivity index (χ0n) is 12.7. The molecule has 112 valence electrons. The maximum Gasteiger partial charge on any atom is 0.210 e. The largest absolute Gasteiger partial charge is 0.477 e. The Balaban J connectivity index is 1.70. The van der Waals surface area contributed by atoms with E-state index in [0.29, 0.717) is 6.61 Å². The summed E-state index contributed by atoms with van der Waals surface area (Å²) in [6, 6.07) is 10.3. The molecule has 0 radical (unpaired) electrons. The molecule has 1 saturated heterocycles. The Morgan fingerprint density at radius 3 is 2.68 bits per heavy atom. The summed E-state index contributed by atoms with van der Waals surface area (Å²) in [5, 5.41) is 0. The van der Waals surface area contributed by atoms with Crippen molar-refractivity contribution in [1.82, 2.24) is 9.97 Å². The van der Waals surface area contributed by atoms with E-state index in [1.54, 1.807) is 6.20 Å². The highest BCUT2D eigenvalue weighted by Crippen LogP contribution is 2.47. The van der Waals surface area contributed by atoms with E-state index in [1.807, 2.05) is 30.6 Å². The van der Waals surface area contributed by atoms with Crippen LogP contribution in [0.15, 0.2) is 53.9 Å². The maximum absolute atomic E-state index is 5.86. The van der Waals surface area contributed by atoms with Gasteiger partial charge in [0.05, 0.1) is 23.1 Å². The molecule has 0 aromatic carbocycles. The van der Waals surface area contributed by atoms with Crippen molar-refractivity contribution in [2.75, 3.05) is 11.5 Å². The molecule has 2 aromatic rings. The number of hydrogen-bond donors (Lipinski definition) is 0. The van der Waals surface area contributed by atoms with Crippen LogP contribution in [0, 0.1) is 0 Å². The first kappa shape index (κ1) is 13.2. The Kier molecular flexibility index (Phi) is 2.89. The third-order valence-corrected chi connectivity index (χ3v) is 3.98. The van der Waals surface area contributed by atoms with Gasteiger partial charge in [-0.2, -0.15) is 0 Å². The van der Waals surface area contributed by atoms with Crippen LogP contribution in [-0.2, 0) is 4.74 Å². The molecule has 2 atom stereocenters. The van der Waals surface area contributed by atoms with Crippen LogP contribution in [0.3, 0.4) is 0 Å². The van der Waals surface area contributed by atoms with E-state index in [2.05, 4.69) is 40.8 Å². The normalized spacial score (nSPS) is 25.5. The number of ether oxygens (including phenoxy) is 1. The standard InChI is InChI=1S/C17H18N4O/c1-17(2)11-22-16(20-17)15-14(13-7-3-4-9-19-13)21(15)12-6-5-8-18-10-12/h3-10,14-15H,11H2,1-2H3/t14-,15-,21?/m1/s1. The van der Waals surface area contributed by atoms with Crippen LogP contribution >= 0.6 is 0 Å². The molecule has 0 bridgehead atoms. The maximum atomic E-state index is 5.86. The van der Waals surface area contributed by atoms with E-state index in [9.17, 15) is 0 Å². The quantitative estimate of drug-likeness (QED) is 0.817. The van der Waals surface area contributed by atoms with Crippen LogP contribution in [0.25, 0.3) is 0 Å². The SMILES string of the molecule is CC1(C)COC([C@H]2[C@@H](c3ccccn3)N2c2cccnc2)=N1. The molecule has 4 rings (SSSR count). The first-order valence-corrected chi connectivity index (χ1v) is 7.48. The number of pyridine rings is 2. The highest BCUT2D eigenvalue weighted by Gasteiger charge is 2.55. The zero-order chi connectivity index (χ0) is 15.2. The van der Waals surface area contributed by atoms with Gasteiger partial charge < -0.3 is 9.64 Å². The summed E-state index contributed by atoms with van der Waals surface area (Å²) in [4.78, 5) is 15.7. The van der Waals surface area contributed by atoms with Gasteiger partial charge in [0.1, 0.15) is 18.7 Å². The number of rotatable bonds is 3. The Morgan fingerprint density at radius 2 is 2.05 bits per heavy atom. The van der Waals surface area contributed by atoms with Crippen LogP contribution in [-0.4, -0.2) is 34.1 Å². The van der Waals surface area contributed by atoms with Gasteiger partial charge in [0.15, 0.2) is 0 Å². The zero-order valence-corrected chi connectivity index (χ0v) is 12.7. The van der Waals surface area contributed by atoms with Crippen LogP contribution in [0.1, 0.15) is 25.6 Å². The smallest absolute Gasteiger partial charge is 0.210 e. The number of aliphatic imine (C=N–C) groups is 1. The Hall–Kier alpha value is -2.43. The number of aromatic nitrogens is 2. The number of nitrogens with zero attached hydrogens (tertiary/aromatic N) is 4. The summed E-state index contributed by atoms with van der Waals surface area (Å²) in [5.41, 5.74) is 1.96. The molecule has 0 unspecified atom stereocenters. The van der Waals surface area contributed by atoms with Crippen molar-refractivity contribution in [3.8, 4) is 0 Å². The van der Waals surface area contributed by atoms with Gasteiger partial charge in [0.25, 0.3) is 0 Å². The van der Waals surface area contributed by atoms with Gasteiger partial charge in [-0.3, -0.25) is 9.97 Å². The lowest BCUT2D eigenvalue weighted by molar-refractivity contribution is 0.275. The van der Waals surface area contributed by atoms with Gasteiger partial charge in [-0.05, 0) is 38.1 Å². The van der Waals surface area contributed by atoms with E-state index >= 15 is 0 Å². The minimum atomic E-state index is -0.146. The van der Waals surface area contributed by atoms with E-state index in [4.69, 9.17) is 9.73 Å². The average Bonchev–Trinajstić information content (AvgIpc) is 3.19. The lowest BCUT2D eigenvalue weighted by atomic mass is 10.1. The Labute approximate surface area is 129 Å². The van der Waals surface area contributed by atoms with Crippen molar-refractivity contribution in [1.29, 1.82) is 0 Å². The average molecular weight is 294 g/mol. The van der Waals surface area contributed by atoms with Crippen molar-refractivity contribution in [2.45, 2.75) is 31.5 Å². The monoisotopic (exact) mass is 294 g/mol. The fourth-order valence-electron chi connectivity index (χ4n) is 2.93. The summed E-state index contributed by atoms with van der Waals surface area (Å²) in [6.07, 6.45) is 5.48. The van der Waals surface area contributed by atoms with Gasteiger partial charge in [-0.25, -0.2) is 4.99 Å². The van der Waals surface area contributed by atoms with Crippen molar-refractivity contribution < 1.29 is 4.74 Å². The summed E-state index contributed by atoms with van der Waals surface area (Å²) in [6.45, 7) is 4.81. The van der Waals surface area contributed by atoms with E-state index in [1.165, 1.54) is 0 Å². The molecular weight excluding hydrogens is 276 g/mol. The second kappa shape index (κ2) is 4.80. The Morgan fingerprint density at radius 1 is 1.14 bits per heavy atom. The highest BCUT2D eigenvalue weighted by atomic mass is 16.5. The minimum Gasteiger partial charge on any atom is -0.477 e. The third-order valence-electron chi connectivity index (χ3n) is 3.98. The second-order valence-corrected chi connectivity index (χ2v) is 6.31. The molecule has 0 aliphatic carbocycles. The molecule has 4 heterocycles. The first-order chi connectivity index (χ1) is 10.7. The second-order valence-electron chi connectivity index (χ2n) is 6.31. The van der Waals surface area contributed by atoms with Gasteiger partial charge in [-0.15, -0.1) is 0 Å². The molecule has 0 N–H and O–H groups in total. The summed E-state index contributed by atoms with van der Waals surface area (Å²) >= 11 is 0. The lowest BCUT2D eigenvalue weighted by Crippen LogP contribution is -2.17. The molecule has 2 aromatic heterocycles. The fraction of sp³-hybridized carbons (Fsp3) is 0.353. The molecule has 0 saturated carbocycles. The van der Waals surface area contributed by atoms with Crippen molar-refractivity contribution in [3.63, 3.8) is 0 Å². The molecule has 22 heavy (non-hydrogen) atoms. The molecule has 1 fully saturated rings. The van der Waals surface area contributed by atoms with E-state index in [-0.39, 0.29) is 17.6 Å².